The Hall–Kier alpha value is -2.01. The van der Waals surface area contributed by atoms with E-state index >= 15 is 0 Å². The highest BCUT2D eigenvalue weighted by Gasteiger charge is 2.31. The predicted octanol–water partition coefficient (Wildman–Crippen LogP) is 3.61. The molecule has 0 aliphatic heterocycles. The minimum atomic E-state index is -1.01. The minimum Gasteiger partial charge on any atom is -0.476 e. The van der Waals surface area contributed by atoms with Gasteiger partial charge in [0, 0.05) is 30.2 Å². The van der Waals surface area contributed by atoms with Crippen LogP contribution in [0.4, 0.5) is 0 Å². The summed E-state index contributed by atoms with van der Waals surface area (Å²) in [4.78, 5) is 12.0. The van der Waals surface area contributed by atoms with Gasteiger partial charge in [0.1, 0.15) is 5.75 Å². The molecule has 0 fully saturated rings. The Labute approximate surface area is 150 Å². The first-order valence-electron chi connectivity index (χ1n) is 8.99. The second-order valence-corrected chi connectivity index (χ2v) is 7.16. The largest absolute Gasteiger partial charge is 0.476 e. The van der Waals surface area contributed by atoms with Crippen LogP contribution in [0.3, 0.4) is 0 Å². The van der Waals surface area contributed by atoms with E-state index in [0.717, 1.165) is 30.5 Å². The Kier molecular flexibility index (Phi) is 6.48. The van der Waals surface area contributed by atoms with Gasteiger partial charge in [0.15, 0.2) is 5.60 Å². The van der Waals surface area contributed by atoms with Gasteiger partial charge in [-0.1, -0.05) is 13.8 Å². The molecule has 2 rings (SSSR count). The van der Waals surface area contributed by atoms with Crippen molar-refractivity contribution in [1.82, 2.24) is 9.88 Å². The standard InChI is InChI=1S/C20H30N2O3/c1-6-24-19(23)20(4,5)25-17-7-8-18-16(13-17)9-11-22(18)12-10-21-14-15(2)3/h7-9,11,13,15,21H,6,10,12,14H2,1-5H3. The lowest BCUT2D eigenvalue weighted by molar-refractivity contribution is -0.158. The van der Waals surface area contributed by atoms with Crippen LogP contribution in [0.5, 0.6) is 5.75 Å². The molecule has 5 heteroatoms. The Morgan fingerprint density at radius 3 is 2.72 bits per heavy atom. The Balaban J connectivity index is 2.04. The van der Waals surface area contributed by atoms with Crippen LogP contribution in [-0.2, 0) is 16.1 Å². The number of benzene rings is 1. The van der Waals surface area contributed by atoms with Crippen molar-refractivity contribution in [3.63, 3.8) is 0 Å². The molecule has 0 radical (unpaired) electrons. The van der Waals surface area contributed by atoms with E-state index < -0.39 is 5.60 Å². The fraction of sp³-hybridized carbons (Fsp3) is 0.550. The molecular formula is C20H30N2O3. The third-order valence-electron chi connectivity index (χ3n) is 3.96. The van der Waals surface area contributed by atoms with Crippen LogP contribution in [0.15, 0.2) is 30.5 Å². The molecule has 0 unspecified atom stereocenters. The average Bonchev–Trinajstić information content (AvgIpc) is 2.93. The van der Waals surface area contributed by atoms with Gasteiger partial charge in [-0.2, -0.15) is 0 Å². The Bertz CT molecular complexity index is 704. The van der Waals surface area contributed by atoms with Gasteiger partial charge in [0.2, 0.25) is 0 Å². The fourth-order valence-electron chi connectivity index (χ4n) is 2.67. The zero-order valence-corrected chi connectivity index (χ0v) is 16.0. The molecule has 1 aromatic heterocycles. The molecule has 0 saturated carbocycles. The quantitative estimate of drug-likeness (QED) is 0.557. The molecular weight excluding hydrogens is 316 g/mol. The minimum absolute atomic E-state index is 0.346. The highest BCUT2D eigenvalue weighted by molar-refractivity contribution is 5.82. The summed E-state index contributed by atoms with van der Waals surface area (Å²) in [7, 11) is 0. The molecule has 0 aliphatic carbocycles. The molecule has 5 nitrogen and oxygen atoms in total. The number of rotatable bonds is 9. The second kappa shape index (κ2) is 8.39. The van der Waals surface area contributed by atoms with Crippen LogP contribution in [0.25, 0.3) is 10.9 Å². The summed E-state index contributed by atoms with van der Waals surface area (Å²) >= 11 is 0. The van der Waals surface area contributed by atoms with Gasteiger partial charge in [0.05, 0.1) is 6.61 Å². The van der Waals surface area contributed by atoms with Crippen molar-refractivity contribution in [1.29, 1.82) is 0 Å². The van der Waals surface area contributed by atoms with Crippen LogP contribution >= 0.6 is 0 Å². The first kappa shape index (κ1) is 19.3. The molecule has 138 valence electrons. The number of aromatic nitrogens is 1. The van der Waals surface area contributed by atoms with Crippen LogP contribution in [0, 0.1) is 5.92 Å². The van der Waals surface area contributed by atoms with Gasteiger partial charge < -0.3 is 19.4 Å². The molecule has 2 aromatic rings. The molecule has 0 saturated heterocycles. The number of hydrogen-bond acceptors (Lipinski definition) is 4. The first-order valence-corrected chi connectivity index (χ1v) is 8.99. The lowest BCUT2D eigenvalue weighted by atomic mass is 10.1. The molecule has 0 spiro atoms. The van der Waals surface area contributed by atoms with E-state index in [0.29, 0.717) is 18.3 Å². The third kappa shape index (κ3) is 5.23. The molecule has 0 aliphatic rings. The van der Waals surface area contributed by atoms with Crippen molar-refractivity contribution < 1.29 is 14.3 Å². The number of carbonyl (C=O) groups is 1. The van der Waals surface area contributed by atoms with E-state index in [2.05, 4.69) is 36.0 Å². The molecule has 25 heavy (non-hydrogen) atoms. The predicted molar refractivity (Wildman–Crippen MR) is 101 cm³/mol. The number of nitrogens with one attached hydrogen (secondary N) is 1. The van der Waals surface area contributed by atoms with Crippen molar-refractivity contribution in [2.24, 2.45) is 5.92 Å². The topological polar surface area (TPSA) is 52.5 Å². The van der Waals surface area contributed by atoms with Gasteiger partial charge in [-0.05, 0) is 57.5 Å². The van der Waals surface area contributed by atoms with Gasteiger partial charge in [0.25, 0.3) is 0 Å². The van der Waals surface area contributed by atoms with Crippen molar-refractivity contribution >= 4 is 16.9 Å². The van der Waals surface area contributed by atoms with Crippen LogP contribution in [0.2, 0.25) is 0 Å². The van der Waals surface area contributed by atoms with E-state index in [9.17, 15) is 4.79 Å². The summed E-state index contributed by atoms with van der Waals surface area (Å²) in [6, 6.07) is 7.98. The number of hydrogen-bond donors (Lipinski definition) is 1. The van der Waals surface area contributed by atoms with Crippen molar-refractivity contribution in [2.75, 3.05) is 19.7 Å². The summed E-state index contributed by atoms with van der Waals surface area (Å²) in [6.07, 6.45) is 2.09. The van der Waals surface area contributed by atoms with E-state index in [-0.39, 0.29) is 5.97 Å². The SMILES string of the molecule is CCOC(=O)C(C)(C)Oc1ccc2c(ccn2CCNCC(C)C)c1. The van der Waals surface area contributed by atoms with Crippen molar-refractivity contribution in [2.45, 2.75) is 46.8 Å². The lowest BCUT2D eigenvalue weighted by Gasteiger charge is -2.24. The van der Waals surface area contributed by atoms with Gasteiger partial charge >= 0.3 is 5.97 Å². The number of carbonyl (C=O) groups excluding carboxylic acids is 1. The van der Waals surface area contributed by atoms with E-state index in [1.165, 1.54) is 0 Å². The van der Waals surface area contributed by atoms with E-state index in [4.69, 9.17) is 9.47 Å². The fourth-order valence-corrected chi connectivity index (χ4v) is 2.67. The van der Waals surface area contributed by atoms with Gasteiger partial charge in [-0.25, -0.2) is 4.79 Å². The van der Waals surface area contributed by atoms with Crippen molar-refractivity contribution in [3.05, 3.63) is 30.5 Å². The third-order valence-corrected chi connectivity index (χ3v) is 3.96. The highest BCUT2D eigenvalue weighted by Crippen LogP contribution is 2.25. The molecule has 0 amide bonds. The number of nitrogens with zero attached hydrogens (tertiary/aromatic N) is 1. The Morgan fingerprint density at radius 2 is 2.04 bits per heavy atom. The average molecular weight is 346 g/mol. The summed E-state index contributed by atoms with van der Waals surface area (Å²) in [5.74, 6) is 0.967. The maximum Gasteiger partial charge on any atom is 0.349 e. The summed E-state index contributed by atoms with van der Waals surface area (Å²) in [5.41, 5.74) is 0.153. The number of ether oxygens (including phenoxy) is 2. The van der Waals surface area contributed by atoms with E-state index in [1.807, 2.05) is 18.2 Å². The van der Waals surface area contributed by atoms with Crippen LogP contribution < -0.4 is 10.1 Å². The molecule has 0 bridgehead atoms. The monoisotopic (exact) mass is 346 g/mol. The maximum atomic E-state index is 12.0. The normalized spacial score (nSPS) is 11.9. The molecule has 1 N–H and O–H groups in total. The van der Waals surface area contributed by atoms with Gasteiger partial charge in [-0.15, -0.1) is 0 Å². The summed E-state index contributed by atoms with van der Waals surface area (Å²) in [5, 5.41) is 4.56. The second-order valence-electron chi connectivity index (χ2n) is 7.16. The summed E-state index contributed by atoms with van der Waals surface area (Å²) < 4.78 is 13.2. The van der Waals surface area contributed by atoms with E-state index in [1.54, 1.807) is 20.8 Å². The van der Waals surface area contributed by atoms with Gasteiger partial charge in [-0.3, -0.25) is 0 Å². The lowest BCUT2D eigenvalue weighted by Crippen LogP contribution is -2.39. The van der Waals surface area contributed by atoms with Crippen LogP contribution in [0.1, 0.15) is 34.6 Å². The Morgan fingerprint density at radius 1 is 1.28 bits per heavy atom. The number of esters is 1. The number of fused-ring (bicyclic) bond motifs is 1. The zero-order chi connectivity index (χ0) is 18.4. The molecule has 1 heterocycles. The van der Waals surface area contributed by atoms with Crippen LogP contribution in [-0.4, -0.2) is 35.8 Å². The smallest absolute Gasteiger partial charge is 0.349 e. The highest BCUT2D eigenvalue weighted by atomic mass is 16.6. The molecule has 1 aromatic carbocycles. The zero-order valence-electron chi connectivity index (χ0n) is 16.0. The summed E-state index contributed by atoms with van der Waals surface area (Å²) in [6.45, 7) is 12.9. The molecule has 0 atom stereocenters. The first-order chi connectivity index (χ1) is 11.8. The maximum absolute atomic E-state index is 12.0. The van der Waals surface area contributed by atoms with Crippen molar-refractivity contribution in [3.8, 4) is 5.75 Å².